The first kappa shape index (κ1) is 25.5. The molecule has 0 saturated heterocycles. The molecule has 0 saturated carbocycles. The van der Waals surface area contributed by atoms with Gasteiger partial charge in [0, 0.05) is 39.2 Å². The van der Waals surface area contributed by atoms with E-state index in [1.807, 2.05) is 33.8 Å². The van der Waals surface area contributed by atoms with E-state index in [9.17, 15) is 4.79 Å². The number of hydrogen-bond donors (Lipinski definition) is 1. The summed E-state index contributed by atoms with van der Waals surface area (Å²) >= 11 is 0. The molecule has 2 aromatic heterocycles. The van der Waals surface area contributed by atoms with Crippen LogP contribution < -0.4 is 4.90 Å². The topological polar surface area (TPSA) is 76.0 Å². The quantitative estimate of drug-likeness (QED) is 0.182. The van der Waals surface area contributed by atoms with E-state index in [0.717, 1.165) is 82.3 Å². The van der Waals surface area contributed by atoms with Gasteiger partial charge in [0.1, 0.15) is 12.4 Å². The molecular formula is C31H35N5O2Si. The van der Waals surface area contributed by atoms with Gasteiger partial charge in [-0.1, -0.05) is 50.0 Å². The van der Waals surface area contributed by atoms with E-state index in [1.54, 1.807) is 6.92 Å². The molecule has 7 nitrogen and oxygen atoms in total. The van der Waals surface area contributed by atoms with E-state index in [-0.39, 0.29) is 5.91 Å². The summed E-state index contributed by atoms with van der Waals surface area (Å²) in [6.07, 6.45) is 1.91. The second kappa shape index (κ2) is 10.1. The first-order valence-corrected chi connectivity index (χ1v) is 17.4. The van der Waals surface area contributed by atoms with Crippen molar-refractivity contribution in [2.45, 2.75) is 52.2 Å². The van der Waals surface area contributed by atoms with Crippen molar-refractivity contribution in [1.29, 1.82) is 0 Å². The van der Waals surface area contributed by atoms with Crippen LogP contribution in [0, 0.1) is 0 Å². The molecule has 5 aromatic rings. The van der Waals surface area contributed by atoms with Crippen LogP contribution in [0.15, 0.2) is 60.7 Å². The first-order valence-electron chi connectivity index (χ1n) is 13.7. The molecule has 0 unspecified atom stereocenters. The number of nitrogens with zero attached hydrogens (tertiary/aromatic N) is 4. The van der Waals surface area contributed by atoms with Crippen LogP contribution in [0.4, 0.5) is 5.69 Å². The molecule has 0 aliphatic carbocycles. The number of carbonyl (C=O) groups is 1. The number of hydrogen-bond acceptors (Lipinski definition) is 4. The van der Waals surface area contributed by atoms with Crippen molar-refractivity contribution in [3.05, 3.63) is 66.2 Å². The van der Waals surface area contributed by atoms with Gasteiger partial charge in [-0.3, -0.25) is 4.79 Å². The molecule has 0 radical (unpaired) electrons. The monoisotopic (exact) mass is 537 g/mol. The summed E-state index contributed by atoms with van der Waals surface area (Å²) < 4.78 is 8.05. The summed E-state index contributed by atoms with van der Waals surface area (Å²) in [5.41, 5.74) is 8.25. The predicted molar refractivity (Wildman–Crippen MR) is 161 cm³/mol. The van der Waals surface area contributed by atoms with E-state index in [0.29, 0.717) is 6.73 Å². The van der Waals surface area contributed by atoms with Gasteiger partial charge >= 0.3 is 0 Å². The molecule has 0 fully saturated rings. The van der Waals surface area contributed by atoms with Gasteiger partial charge < -0.3 is 14.6 Å². The fraction of sp³-hybridized carbons (Fsp3) is 0.323. The molecule has 1 N–H and O–H groups in total. The van der Waals surface area contributed by atoms with Gasteiger partial charge in [-0.15, -0.1) is 0 Å². The molecular weight excluding hydrogens is 502 g/mol. The second-order valence-corrected chi connectivity index (χ2v) is 17.2. The maximum absolute atomic E-state index is 12.3. The van der Waals surface area contributed by atoms with Gasteiger partial charge in [-0.2, -0.15) is 5.10 Å². The zero-order chi connectivity index (χ0) is 27.1. The Kier molecular flexibility index (Phi) is 6.60. The second-order valence-electron chi connectivity index (χ2n) is 11.6. The molecule has 1 aliphatic rings. The third-order valence-corrected chi connectivity index (χ3v) is 9.22. The van der Waals surface area contributed by atoms with Crippen LogP contribution >= 0.6 is 0 Å². The number of nitrogens with one attached hydrogen (secondary N) is 1. The number of H-pyrrole nitrogens is 1. The molecule has 0 spiro atoms. The maximum atomic E-state index is 12.3. The summed E-state index contributed by atoms with van der Waals surface area (Å²) in [6, 6.07) is 21.9. The molecule has 3 heterocycles. The largest absolute Gasteiger partial charge is 0.360 e. The smallest absolute Gasteiger partial charge is 0.223 e. The molecule has 8 heteroatoms. The fourth-order valence-corrected chi connectivity index (χ4v) is 6.19. The van der Waals surface area contributed by atoms with Crippen LogP contribution in [-0.4, -0.2) is 46.9 Å². The number of aromatic nitrogens is 4. The number of carbonyl (C=O) groups excluding carboxylic acids is 1. The minimum atomic E-state index is -1.18. The number of aromatic amines is 1. The third kappa shape index (κ3) is 5.02. The summed E-state index contributed by atoms with van der Waals surface area (Å²) in [7, 11) is -1.18. The number of para-hydroxylation sites is 2. The van der Waals surface area contributed by atoms with Crippen molar-refractivity contribution < 1.29 is 9.53 Å². The molecule has 1 aliphatic heterocycles. The summed E-state index contributed by atoms with van der Waals surface area (Å²) in [6.45, 7) is 10.6. The number of benzene rings is 3. The van der Waals surface area contributed by atoms with Crippen LogP contribution in [0.1, 0.15) is 18.9 Å². The van der Waals surface area contributed by atoms with E-state index in [2.05, 4.69) is 61.0 Å². The SMILES string of the molecule is CC(=O)N1CCCc2c(-c3ccc4c(c3)c(-c3nc5ccccc5[nH]3)nn4COCC[Si](C)(C)C)cccc21. The van der Waals surface area contributed by atoms with Gasteiger partial charge in [0.15, 0.2) is 5.82 Å². The lowest BCUT2D eigenvalue weighted by molar-refractivity contribution is -0.116. The Morgan fingerprint density at radius 1 is 1.08 bits per heavy atom. The highest BCUT2D eigenvalue weighted by Gasteiger charge is 2.23. The van der Waals surface area contributed by atoms with Crippen LogP contribution in [-0.2, 0) is 22.7 Å². The number of imidazole rings is 1. The van der Waals surface area contributed by atoms with Crippen LogP contribution in [0.2, 0.25) is 25.7 Å². The minimum Gasteiger partial charge on any atom is -0.360 e. The lowest BCUT2D eigenvalue weighted by atomic mass is 9.91. The van der Waals surface area contributed by atoms with E-state index in [1.165, 1.54) is 5.56 Å². The Labute approximate surface area is 229 Å². The maximum Gasteiger partial charge on any atom is 0.223 e. The van der Waals surface area contributed by atoms with Gasteiger partial charge in [-0.05, 0) is 65.9 Å². The van der Waals surface area contributed by atoms with Crippen LogP contribution in [0.25, 0.3) is 44.6 Å². The highest BCUT2D eigenvalue weighted by molar-refractivity contribution is 6.76. The number of fused-ring (bicyclic) bond motifs is 3. The Morgan fingerprint density at radius 3 is 2.72 bits per heavy atom. The van der Waals surface area contributed by atoms with E-state index in [4.69, 9.17) is 14.8 Å². The fourth-order valence-electron chi connectivity index (χ4n) is 5.44. The highest BCUT2D eigenvalue weighted by Crippen LogP contribution is 2.38. The Bertz CT molecular complexity index is 1650. The van der Waals surface area contributed by atoms with E-state index < -0.39 is 8.07 Å². The molecule has 6 rings (SSSR count). The van der Waals surface area contributed by atoms with Crippen molar-refractivity contribution in [3.8, 4) is 22.6 Å². The van der Waals surface area contributed by atoms with Crippen molar-refractivity contribution >= 4 is 41.6 Å². The zero-order valence-electron chi connectivity index (χ0n) is 23.1. The molecule has 0 bridgehead atoms. The van der Waals surface area contributed by atoms with Crippen molar-refractivity contribution in [1.82, 2.24) is 19.7 Å². The number of rotatable bonds is 7. The number of anilines is 1. The van der Waals surface area contributed by atoms with Gasteiger partial charge in [0.25, 0.3) is 0 Å². The van der Waals surface area contributed by atoms with Crippen molar-refractivity contribution in [2.75, 3.05) is 18.1 Å². The first-order chi connectivity index (χ1) is 18.8. The average molecular weight is 538 g/mol. The summed E-state index contributed by atoms with van der Waals surface area (Å²) in [5, 5.41) is 6.03. The van der Waals surface area contributed by atoms with E-state index >= 15 is 0 Å². The van der Waals surface area contributed by atoms with Crippen LogP contribution in [0.5, 0.6) is 0 Å². The average Bonchev–Trinajstić information content (AvgIpc) is 3.51. The third-order valence-electron chi connectivity index (χ3n) is 7.52. The summed E-state index contributed by atoms with van der Waals surface area (Å²) in [5.74, 6) is 0.836. The Hall–Kier alpha value is -3.75. The van der Waals surface area contributed by atoms with Gasteiger partial charge in [0.05, 0.1) is 16.6 Å². The Balaban J connectivity index is 1.44. The molecule has 1 amide bonds. The summed E-state index contributed by atoms with van der Waals surface area (Å²) in [4.78, 5) is 22.6. The molecule has 39 heavy (non-hydrogen) atoms. The van der Waals surface area contributed by atoms with Gasteiger partial charge in [-0.25, -0.2) is 9.67 Å². The van der Waals surface area contributed by atoms with Crippen LogP contribution in [0.3, 0.4) is 0 Å². The lowest BCUT2D eigenvalue weighted by Gasteiger charge is -2.30. The molecule has 200 valence electrons. The number of ether oxygens (including phenoxy) is 1. The number of amides is 1. The highest BCUT2D eigenvalue weighted by atomic mass is 28.3. The van der Waals surface area contributed by atoms with Gasteiger partial charge in [0.2, 0.25) is 5.91 Å². The molecule has 0 atom stereocenters. The lowest BCUT2D eigenvalue weighted by Crippen LogP contribution is -2.33. The predicted octanol–water partition coefficient (Wildman–Crippen LogP) is 6.86. The molecule has 3 aromatic carbocycles. The standard InChI is InChI=1S/C31H35N5O2Si/c1-21(37)35-16-8-10-24-23(9-7-13-28(24)35)22-14-15-29-25(19-22)30(31-32-26-11-5-6-12-27(26)33-31)34-36(29)20-38-17-18-39(2,3)4/h5-7,9,11-15,19H,8,10,16-18,20H2,1-4H3,(H,32,33). The minimum absolute atomic E-state index is 0.0890. The van der Waals surface area contributed by atoms with Crippen molar-refractivity contribution in [3.63, 3.8) is 0 Å². The van der Waals surface area contributed by atoms with Crippen molar-refractivity contribution in [2.24, 2.45) is 0 Å². The zero-order valence-corrected chi connectivity index (χ0v) is 24.1. The normalized spacial score (nSPS) is 13.8. The Morgan fingerprint density at radius 2 is 1.92 bits per heavy atom.